The van der Waals surface area contributed by atoms with Crippen molar-refractivity contribution >= 4 is 11.5 Å². The van der Waals surface area contributed by atoms with Gasteiger partial charge in [0.2, 0.25) is 0 Å². The predicted octanol–water partition coefficient (Wildman–Crippen LogP) is 3.59. The minimum Gasteiger partial charge on any atom is -0.468 e. The highest BCUT2D eigenvalue weighted by molar-refractivity contribution is 7.05. The van der Waals surface area contributed by atoms with E-state index in [4.69, 9.17) is 4.42 Å². The number of likely N-dealkylation sites (tertiary alicyclic amines) is 1. The number of rotatable bonds is 4. The Morgan fingerprint density at radius 3 is 3.16 bits per heavy atom. The van der Waals surface area contributed by atoms with Crippen LogP contribution < -0.4 is 0 Å². The number of nitrogens with zero attached hydrogens (tertiary/aromatic N) is 3. The van der Waals surface area contributed by atoms with E-state index in [2.05, 4.69) is 34.4 Å². The summed E-state index contributed by atoms with van der Waals surface area (Å²) < 4.78 is 9.69. The van der Waals surface area contributed by atoms with Gasteiger partial charge in [-0.25, -0.2) is 0 Å². The molecule has 0 bridgehead atoms. The van der Waals surface area contributed by atoms with Gasteiger partial charge in [0.1, 0.15) is 5.76 Å². The molecule has 4 nitrogen and oxygen atoms in total. The van der Waals surface area contributed by atoms with Crippen molar-refractivity contribution in [1.29, 1.82) is 0 Å². The van der Waals surface area contributed by atoms with Crippen molar-refractivity contribution in [3.05, 3.63) is 34.7 Å². The third-order valence-corrected chi connectivity index (χ3v) is 4.44. The Hall–Kier alpha value is -1.20. The molecule has 0 aliphatic carbocycles. The molecule has 1 aliphatic rings. The lowest BCUT2D eigenvalue weighted by atomic mass is 10.1. The summed E-state index contributed by atoms with van der Waals surface area (Å²) in [6, 6.07) is 4.47. The first-order chi connectivity index (χ1) is 9.25. The van der Waals surface area contributed by atoms with E-state index in [1.165, 1.54) is 29.3 Å². The predicted molar refractivity (Wildman–Crippen MR) is 75.1 cm³/mol. The molecule has 2 aromatic rings. The van der Waals surface area contributed by atoms with Gasteiger partial charge in [-0.1, -0.05) is 18.3 Å². The SMILES string of the molecule is CC(C)c1nnsc1CN1CCCC1c1ccco1. The Bertz CT molecular complexity index is 521. The first kappa shape index (κ1) is 12.8. The third-order valence-electron chi connectivity index (χ3n) is 3.71. The largest absolute Gasteiger partial charge is 0.468 e. The molecular weight excluding hydrogens is 258 g/mol. The van der Waals surface area contributed by atoms with Gasteiger partial charge in [-0.2, -0.15) is 0 Å². The Morgan fingerprint density at radius 1 is 1.53 bits per heavy atom. The van der Waals surface area contributed by atoms with Crippen molar-refractivity contribution in [2.24, 2.45) is 0 Å². The first-order valence-electron chi connectivity index (χ1n) is 6.84. The van der Waals surface area contributed by atoms with Crippen molar-refractivity contribution in [3.63, 3.8) is 0 Å². The number of aromatic nitrogens is 2. The van der Waals surface area contributed by atoms with Crippen molar-refractivity contribution in [3.8, 4) is 0 Å². The maximum Gasteiger partial charge on any atom is 0.120 e. The van der Waals surface area contributed by atoms with Gasteiger partial charge in [0.05, 0.1) is 22.9 Å². The number of hydrogen-bond donors (Lipinski definition) is 0. The van der Waals surface area contributed by atoms with E-state index in [1.807, 2.05) is 6.07 Å². The zero-order chi connectivity index (χ0) is 13.2. The van der Waals surface area contributed by atoms with Gasteiger partial charge >= 0.3 is 0 Å². The fraction of sp³-hybridized carbons (Fsp3) is 0.571. The van der Waals surface area contributed by atoms with E-state index >= 15 is 0 Å². The molecule has 0 aromatic carbocycles. The van der Waals surface area contributed by atoms with Gasteiger partial charge < -0.3 is 4.42 Å². The number of hydrogen-bond acceptors (Lipinski definition) is 5. The van der Waals surface area contributed by atoms with Gasteiger partial charge in [0.15, 0.2) is 0 Å². The van der Waals surface area contributed by atoms with Crippen molar-refractivity contribution in [1.82, 2.24) is 14.5 Å². The van der Waals surface area contributed by atoms with Crippen LogP contribution in [0, 0.1) is 0 Å². The molecule has 19 heavy (non-hydrogen) atoms. The summed E-state index contributed by atoms with van der Waals surface area (Å²) in [5.74, 6) is 1.53. The minimum atomic E-state index is 0.414. The summed E-state index contributed by atoms with van der Waals surface area (Å²) >= 11 is 1.53. The molecule has 1 unspecified atom stereocenters. The van der Waals surface area contributed by atoms with Crippen LogP contribution in [0.1, 0.15) is 55.0 Å². The lowest BCUT2D eigenvalue weighted by Crippen LogP contribution is -2.22. The maximum atomic E-state index is 5.58. The van der Waals surface area contributed by atoms with Crippen molar-refractivity contribution in [2.75, 3.05) is 6.54 Å². The quantitative estimate of drug-likeness (QED) is 0.856. The van der Waals surface area contributed by atoms with Crippen LogP contribution in [0.25, 0.3) is 0 Å². The molecule has 102 valence electrons. The van der Waals surface area contributed by atoms with Gasteiger partial charge in [0.25, 0.3) is 0 Å². The fourth-order valence-electron chi connectivity index (χ4n) is 2.77. The Labute approximate surface area is 117 Å². The normalized spacial score (nSPS) is 20.5. The van der Waals surface area contributed by atoms with Crippen LogP contribution in [0.2, 0.25) is 0 Å². The summed E-state index contributed by atoms with van der Waals surface area (Å²) in [5, 5.41) is 4.26. The van der Waals surface area contributed by atoms with Crippen LogP contribution in [-0.2, 0) is 6.54 Å². The molecule has 1 fully saturated rings. The standard InChI is InChI=1S/C14H19N3OS/c1-10(2)14-13(19-16-15-14)9-17-7-3-5-11(17)12-6-4-8-18-12/h4,6,8,10-11H,3,5,7,9H2,1-2H3. The van der Waals surface area contributed by atoms with Crippen molar-refractivity contribution in [2.45, 2.75) is 45.2 Å². The summed E-state index contributed by atoms with van der Waals surface area (Å²) in [5.41, 5.74) is 1.15. The van der Waals surface area contributed by atoms with Crippen LogP contribution in [-0.4, -0.2) is 21.0 Å². The topological polar surface area (TPSA) is 42.2 Å². The average molecular weight is 277 g/mol. The smallest absolute Gasteiger partial charge is 0.120 e. The van der Waals surface area contributed by atoms with E-state index in [0.717, 1.165) is 24.5 Å². The molecule has 2 aromatic heterocycles. The molecule has 0 N–H and O–H groups in total. The maximum absolute atomic E-state index is 5.58. The summed E-state index contributed by atoms with van der Waals surface area (Å²) in [6.07, 6.45) is 4.17. The molecule has 0 spiro atoms. The van der Waals surface area contributed by atoms with Gasteiger partial charge in [-0.15, -0.1) is 5.10 Å². The zero-order valence-electron chi connectivity index (χ0n) is 11.4. The third kappa shape index (κ3) is 2.58. The summed E-state index contributed by atoms with van der Waals surface area (Å²) in [6.45, 7) is 6.42. The second-order valence-electron chi connectivity index (χ2n) is 5.38. The highest BCUT2D eigenvalue weighted by Crippen LogP contribution is 2.34. The molecule has 1 atom stereocenters. The van der Waals surface area contributed by atoms with Crippen LogP contribution in [0.4, 0.5) is 0 Å². The summed E-state index contributed by atoms with van der Waals surface area (Å²) in [4.78, 5) is 3.79. The van der Waals surface area contributed by atoms with E-state index in [9.17, 15) is 0 Å². The van der Waals surface area contributed by atoms with E-state index in [1.54, 1.807) is 6.26 Å². The first-order valence-corrected chi connectivity index (χ1v) is 7.61. The monoisotopic (exact) mass is 277 g/mol. The zero-order valence-corrected chi connectivity index (χ0v) is 12.2. The Kier molecular flexibility index (Phi) is 3.66. The van der Waals surface area contributed by atoms with Crippen LogP contribution in [0.3, 0.4) is 0 Å². The molecule has 1 aliphatic heterocycles. The van der Waals surface area contributed by atoms with Crippen molar-refractivity contribution < 1.29 is 4.42 Å². The molecule has 0 amide bonds. The summed E-state index contributed by atoms with van der Waals surface area (Å²) in [7, 11) is 0. The average Bonchev–Trinajstić information content (AvgIpc) is 3.09. The molecular formula is C14H19N3OS. The Morgan fingerprint density at radius 2 is 2.42 bits per heavy atom. The van der Waals surface area contributed by atoms with Crippen LogP contribution in [0.5, 0.6) is 0 Å². The second kappa shape index (κ2) is 5.43. The molecule has 3 rings (SSSR count). The van der Waals surface area contributed by atoms with Gasteiger partial charge in [0, 0.05) is 6.54 Å². The number of furan rings is 1. The molecule has 5 heteroatoms. The molecule has 0 radical (unpaired) electrons. The van der Waals surface area contributed by atoms with E-state index < -0.39 is 0 Å². The molecule has 3 heterocycles. The highest BCUT2D eigenvalue weighted by Gasteiger charge is 2.29. The Balaban J connectivity index is 1.77. The van der Waals surface area contributed by atoms with Crippen LogP contribution in [0.15, 0.2) is 22.8 Å². The highest BCUT2D eigenvalue weighted by atomic mass is 32.1. The lowest BCUT2D eigenvalue weighted by Gasteiger charge is -2.22. The second-order valence-corrected chi connectivity index (χ2v) is 6.22. The molecule has 1 saturated heterocycles. The minimum absolute atomic E-state index is 0.414. The van der Waals surface area contributed by atoms with Crippen LogP contribution >= 0.6 is 11.5 Å². The fourth-order valence-corrected chi connectivity index (χ4v) is 3.59. The van der Waals surface area contributed by atoms with Gasteiger partial charge in [-0.05, 0) is 49.0 Å². The van der Waals surface area contributed by atoms with Gasteiger partial charge in [-0.3, -0.25) is 4.90 Å². The lowest BCUT2D eigenvalue weighted by molar-refractivity contribution is 0.221. The van der Waals surface area contributed by atoms with E-state index in [0.29, 0.717) is 12.0 Å². The molecule has 0 saturated carbocycles. The van der Waals surface area contributed by atoms with E-state index in [-0.39, 0.29) is 0 Å².